The SMILES string of the molecule is CCn1c2ccccc2c2cc(NC(=O)C=C(C)NNC(=O)c3ccc(Cl)c(Cl)c3)ccc21. The van der Waals surface area contributed by atoms with Gasteiger partial charge in [0.05, 0.1) is 10.0 Å². The smallest absolute Gasteiger partial charge is 0.269 e. The predicted molar refractivity (Wildman–Crippen MR) is 135 cm³/mol. The minimum absolute atomic E-state index is 0.287. The lowest BCUT2D eigenvalue weighted by molar-refractivity contribution is -0.112. The molecule has 3 aromatic carbocycles. The number of rotatable bonds is 6. The van der Waals surface area contributed by atoms with Gasteiger partial charge in [-0.05, 0) is 56.3 Å². The van der Waals surface area contributed by atoms with Gasteiger partial charge in [-0.15, -0.1) is 0 Å². The van der Waals surface area contributed by atoms with Gasteiger partial charge in [-0.3, -0.25) is 15.0 Å². The van der Waals surface area contributed by atoms with Crippen molar-refractivity contribution in [3.63, 3.8) is 0 Å². The maximum Gasteiger partial charge on any atom is 0.269 e. The van der Waals surface area contributed by atoms with E-state index in [0.717, 1.165) is 28.4 Å². The van der Waals surface area contributed by atoms with Crippen LogP contribution in [0.2, 0.25) is 10.0 Å². The van der Waals surface area contributed by atoms with E-state index in [1.807, 2.05) is 30.3 Å². The van der Waals surface area contributed by atoms with E-state index in [-0.39, 0.29) is 10.9 Å². The van der Waals surface area contributed by atoms with Crippen LogP contribution in [0, 0.1) is 0 Å². The first kappa shape index (κ1) is 22.7. The number of hydrogen-bond acceptors (Lipinski definition) is 3. The number of hydrogen-bond donors (Lipinski definition) is 3. The molecule has 0 spiro atoms. The van der Waals surface area contributed by atoms with Crippen molar-refractivity contribution in [1.29, 1.82) is 0 Å². The zero-order valence-electron chi connectivity index (χ0n) is 18.1. The quantitative estimate of drug-likeness (QED) is 0.237. The second kappa shape index (κ2) is 9.57. The fourth-order valence-corrected chi connectivity index (χ4v) is 4.05. The Hall–Kier alpha value is -3.48. The van der Waals surface area contributed by atoms with Crippen LogP contribution >= 0.6 is 23.2 Å². The summed E-state index contributed by atoms with van der Waals surface area (Å²) in [5, 5.41) is 5.76. The second-order valence-electron chi connectivity index (χ2n) is 7.52. The van der Waals surface area contributed by atoms with Crippen LogP contribution in [0.15, 0.2) is 72.4 Å². The van der Waals surface area contributed by atoms with Gasteiger partial charge in [0.25, 0.3) is 5.91 Å². The third-order valence-electron chi connectivity index (χ3n) is 5.26. The highest BCUT2D eigenvalue weighted by molar-refractivity contribution is 6.42. The normalized spacial score (nSPS) is 11.6. The summed E-state index contributed by atoms with van der Waals surface area (Å²) in [5.74, 6) is -0.721. The highest BCUT2D eigenvalue weighted by Gasteiger charge is 2.11. The van der Waals surface area contributed by atoms with Crippen LogP contribution in [0.3, 0.4) is 0 Å². The van der Waals surface area contributed by atoms with Crippen molar-refractivity contribution in [1.82, 2.24) is 15.4 Å². The Bertz CT molecular complexity index is 1410. The van der Waals surface area contributed by atoms with Crippen LogP contribution in [0.5, 0.6) is 0 Å². The van der Waals surface area contributed by atoms with Gasteiger partial charge in [-0.1, -0.05) is 41.4 Å². The van der Waals surface area contributed by atoms with Gasteiger partial charge >= 0.3 is 0 Å². The predicted octanol–water partition coefficient (Wildman–Crippen LogP) is 5.90. The summed E-state index contributed by atoms with van der Waals surface area (Å²) >= 11 is 11.8. The summed E-state index contributed by atoms with van der Waals surface area (Å²) < 4.78 is 2.25. The minimum Gasteiger partial charge on any atom is -0.341 e. The molecule has 4 aromatic rings. The molecule has 0 aliphatic rings. The average molecular weight is 481 g/mol. The van der Waals surface area contributed by atoms with E-state index in [0.29, 0.717) is 22.0 Å². The van der Waals surface area contributed by atoms with E-state index in [2.05, 4.69) is 39.8 Å². The minimum atomic E-state index is -0.403. The summed E-state index contributed by atoms with van der Waals surface area (Å²) in [6.45, 7) is 4.65. The van der Waals surface area contributed by atoms with Crippen LogP contribution in [-0.4, -0.2) is 16.4 Å². The molecule has 0 fully saturated rings. The number of anilines is 1. The van der Waals surface area contributed by atoms with Crippen LogP contribution in [0.4, 0.5) is 5.69 Å². The highest BCUT2D eigenvalue weighted by Crippen LogP contribution is 2.31. The zero-order chi connectivity index (χ0) is 23.5. The Labute approximate surface area is 201 Å². The molecule has 0 saturated heterocycles. The zero-order valence-corrected chi connectivity index (χ0v) is 19.6. The van der Waals surface area contributed by atoms with Crippen molar-refractivity contribution in [2.24, 2.45) is 0 Å². The summed E-state index contributed by atoms with van der Waals surface area (Å²) in [6.07, 6.45) is 1.37. The van der Waals surface area contributed by atoms with Crippen molar-refractivity contribution < 1.29 is 9.59 Å². The number of amides is 2. The molecule has 4 rings (SSSR count). The van der Waals surface area contributed by atoms with Crippen LogP contribution in [0.1, 0.15) is 24.2 Å². The lowest BCUT2D eigenvalue weighted by Gasteiger charge is -2.10. The molecular weight excluding hydrogens is 459 g/mol. The Balaban J connectivity index is 1.44. The third kappa shape index (κ3) is 4.82. The van der Waals surface area contributed by atoms with Crippen molar-refractivity contribution in [2.75, 3.05) is 5.32 Å². The monoisotopic (exact) mass is 480 g/mol. The van der Waals surface area contributed by atoms with Gasteiger partial charge in [0.15, 0.2) is 0 Å². The first-order valence-corrected chi connectivity index (χ1v) is 11.1. The number of carbonyl (C=O) groups is 2. The van der Waals surface area contributed by atoms with E-state index in [9.17, 15) is 9.59 Å². The van der Waals surface area contributed by atoms with E-state index >= 15 is 0 Å². The number of aryl methyl sites for hydroxylation is 1. The van der Waals surface area contributed by atoms with Crippen molar-refractivity contribution >= 4 is 62.5 Å². The number of halogens is 2. The summed E-state index contributed by atoms with van der Waals surface area (Å²) in [4.78, 5) is 24.7. The molecule has 1 aromatic heterocycles. The number of para-hydroxylation sites is 1. The molecule has 0 aliphatic carbocycles. The molecule has 33 heavy (non-hydrogen) atoms. The summed E-state index contributed by atoms with van der Waals surface area (Å²) in [5.41, 5.74) is 9.02. The van der Waals surface area contributed by atoms with Gasteiger partial charge < -0.3 is 15.3 Å². The fourth-order valence-electron chi connectivity index (χ4n) is 3.75. The number of aromatic nitrogens is 1. The molecule has 0 saturated carbocycles. The lowest BCUT2D eigenvalue weighted by Crippen LogP contribution is -2.36. The average Bonchev–Trinajstić information content (AvgIpc) is 3.12. The van der Waals surface area contributed by atoms with E-state index in [1.54, 1.807) is 19.1 Å². The topological polar surface area (TPSA) is 75.2 Å². The number of nitrogens with zero attached hydrogens (tertiary/aromatic N) is 1. The van der Waals surface area contributed by atoms with Crippen LogP contribution in [-0.2, 0) is 11.3 Å². The summed E-state index contributed by atoms with van der Waals surface area (Å²) in [7, 11) is 0. The maximum absolute atomic E-state index is 12.5. The number of carbonyl (C=O) groups excluding carboxylic acids is 2. The van der Waals surface area contributed by atoms with Crippen LogP contribution in [0.25, 0.3) is 21.8 Å². The largest absolute Gasteiger partial charge is 0.341 e. The van der Waals surface area contributed by atoms with E-state index in [1.165, 1.54) is 12.1 Å². The van der Waals surface area contributed by atoms with Gasteiger partial charge in [-0.2, -0.15) is 0 Å². The Kier molecular flexibility index (Phi) is 6.58. The third-order valence-corrected chi connectivity index (χ3v) is 6.00. The molecule has 0 atom stereocenters. The molecule has 8 heteroatoms. The maximum atomic E-state index is 12.5. The molecule has 6 nitrogen and oxygen atoms in total. The molecule has 3 N–H and O–H groups in total. The second-order valence-corrected chi connectivity index (χ2v) is 8.33. The van der Waals surface area contributed by atoms with Crippen molar-refractivity contribution in [3.8, 4) is 0 Å². The number of benzene rings is 3. The van der Waals surface area contributed by atoms with Crippen molar-refractivity contribution in [2.45, 2.75) is 20.4 Å². The van der Waals surface area contributed by atoms with Gasteiger partial charge in [0, 0.05) is 51.4 Å². The number of allylic oxidation sites excluding steroid dienone is 1. The van der Waals surface area contributed by atoms with E-state index in [4.69, 9.17) is 23.2 Å². The molecule has 0 aliphatic heterocycles. The van der Waals surface area contributed by atoms with Crippen molar-refractivity contribution in [3.05, 3.63) is 88.0 Å². The Morgan fingerprint density at radius 2 is 1.67 bits per heavy atom. The number of nitrogens with one attached hydrogen (secondary N) is 3. The Morgan fingerprint density at radius 3 is 2.42 bits per heavy atom. The molecule has 2 amide bonds. The molecule has 0 bridgehead atoms. The van der Waals surface area contributed by atoms with Gasteiger partial charge in [0.1, 0.15) is 0 Å². The standard InChI is InChI=1S/C25H22Cl2N4O2/c1-3-31-22-7-5-4-6-18(22)19-14-17(9-11-23(19)31)28-24(32)12-15(2)29-30-25(33)16-8-10-20(26)21(27)13-16/h4-14,29H,3H2,1-2H3,(H,28,32)(H,30,33). The van der Waals surface area contributed by atoms with Gasteiger partial charge in [-0.25, -0.2) is 0 Å². The highest BCUT2D eigenvalue weighted by atomic mass is 35.5. The fraction of sp³-hybridized carbons (Fsp3) is 0.120. The number of fused-ring (bicyclic) bond motifs is 3. The molecule has 0 unspecified atom stereocenters. The number of hydrazine groups is 1. The van der Waals surface area contributed by atoms with E-state index < -0.39 is 5.91 Å². The lowest BCUT2D eigenvalue weighted by atomic mass is 10.1. The Morgan fingerprint density at radius 1 is 0.909 bits per heavy atom. The molecule has 0 radical (unpaired) electrons. The first-order valence-electron chi connectivity index (χ1n) is 10.4. The molecule has 168 valence electrons. The molecule has 1 heterocycles. The summed E-state index contributed by atoms with van der Waals surface area (Å²) in [6, 6.07) is 18.7. The molecular formula is C25H22Cl2N4O2. The first-order chi connectivity index (χ1) is 15.9. The van der Waals surface area contributed by atoms with Gasteiger partial charge in [0.2, 0.25) is 5.91 Å². The van der Waals surface area contributed by atoms with Crippen LogP contribution < -0.4 is 16.2 Å².